The number of halogens is 2. The number of amides is 1. The van der Waals surface area contributed by atoms with E-state index in [1.54, 1.807) is 18.2 Å². The number of nitrogens with zero attached hydrogens (tertiary/aromatic N) is 4. The van der Waals surface area contributed by atoms with Crippen molar-refractivity contribution in [3.8, 4) is 17.0 Å². The third-order valence-corrected chi connectivity index (χ3v) is 7.50. The van der Waals surface area contributed by atoms with Crippen LogP contribution in [0.15, 0.2) is 46.9 Å². The fourth-order valence-corrected chi connectivity index (χ4v) is 5.25. The molecular formula is C24H23Cl2N5O2S2. The van der Waals surface area contributed by atoms with Gasteiger partial charge in [-0.05, 0) is 56.2 Å². The molecule has 2 aromatic heterocycles. The van der Waals surface area contributed by atoms with Crippen molar-refractivity contribution >= 4 is 57.3 Å². The first-order valence-electron chi connectivity index (χ1n) is 10.8. The summed E-state index contributed by atoms with van der Waals surface area (Å²) in [5.74, 6) is 1.17. The van der Waals surface area contributed by atoms with Crippen LogP contribution in [0, 0.1) is 13.8 Å². The summed E-state index contributed by atoms with van der Waals surface area (Å²) in [6.45, 7) is 6.96. The Morgan fingerprint density at radius 2 is 1.97 bits per heavy atom. The lowest BCUT2D eigenvalue weighted by atomic mass is 10.1. The van der Waals surface area contributed by atoms with Crippen LogP contribution in [0.1, 0.15) is 23.9 Å². The van der Waals surface area contributed by atoms with Crippen molar-refractivity contribution in [3.63, 3.8) is 0 Å². The monoisotopic (exact) mass is 547 g/mol. The lowest BCUT2D eigenvalue weighted by Crippen LogP contribution is -2.14. The number of hydrogen-bond donors (Lipinski definition) is 1. The molecule has 2 aromatic carbocycles. The Hall–Kier alpha value is -2.59. The number of aryl methyl sites for hydroxylation is 2. The number of ether oxygens (including phenoxy) is 1. The topological polar surface area (TPSA) is 81.9 Å². The van der Waals surface area contributed by atoms with Crippen LogP contribution in [-0.2, 0) is 17.9 Å². The summed E-state index contributed by atoms with van der Waals surface area (Å²) < 4.78 is 7.69. The fraction of sp³-hybridized carbons (Fsp3) is 0.250. The second kappa shape index (κ2) is 11.4. The number of hydrogen-bond acceptors (Lipinski definition) is 7. The molecule has 0 aliphatic rings. The predicted octanol–water partition coefficient (Wildman–Crippen LogP) is 6.65. The van der Waals surface area contributed by atoms with Crippen molar-refractivity contribution in [2.45, 2.75) is 39.1 Å². The number of nitrogens with one attached hydrogen (secondary N) is 1. The van der Waals surface area contributed by atoms with E-state index in [0.717, 1.165) is 11.3 Å². The molecule has 7 nitrogen and oxygen atoms in total. The minimum Gasteiger partial charge on any atom is -0.484 e. The summed E-state index contributed by atoms with van der Waals surface area (Å²) in [4.78, 5) is 17.1. The van der Waals surface area contributed by atoms with Gasteiger partial charge in [-0.3, -0.25) is 4.79 Å². The highest BCUT2D eigenvalue weighted by atomic mass is 35.5. The molecule has 1 amide bonds. The highest BCUT2D eigenvalue weighted by Gasteiger charge is 2.15. The van der Waals surface area contributed by atoms with Crippen molar-refractivity contribution in [1.82, 2.24) is 19.7 Å². The predicted molar refractivity (Wildman–Crippen MR) is 143 cm³/mol. The molecular weight excluding hydrogens is 525 g/mol. The SMILES string of the molecule is CCn1c(COc2ccc(Cl)cc2Cl)nnc1SCC(=O)Nc1nc(-c2ccc(C)c(C)c2)cs1. The van der Waals surface area contributed by atoms with Crippen molar-refractivity contribution < 1.29 is 9.53 Å². The standard InChI is InChI=1S/C24H23Cl2N5O2S2/c1-4-31-21(11-33-20-8-7-17(25)10-18(20)26)29-30-24(31)35-13-22(32)28-23-27-19(12-34-23)16-6-5-14(2)15(3)9-16/h5-10,12H,4,11,13H2,1-3H3,(H,27,28,32). The van der Waals surface area contributed by atoms with Gasteiger partial charge in [0.1, 0.15) is 12.4 Å². The molecule has 2 heterocycles. The third-order valence-electron chi connectivity index (χ3n) is 5.25. The van der Waals surface area contributed by atoms with E-state index in [2.05, 4.69) is 46.5 Å². The quantitative estimate of drug-likeness (QED) is 0.236. The first-order chi connectivity index (χ1) is 16.8. The Balaban J connectivity index is 1.34. The summed E-state index contributed by atoms with van der Waals surface area (Å²) >= 11 is 14.8. The van der Waals surface area contributed by atoms with Crippen molar-refractivity contribution in [3.05, 3.63) is 68.8 Å². The van der Waals surface area contributed by atoms with Gasteiger partial charge in [-0.2, -0.15) is 0 Å². The van der Waals surface area contributed by atoms with Gasteiger partial charge in [-0.15, -0.1) is 21.5 Å². The van der Waals surface area contributed by atoms with E-state index < -0.39 is 0 Å². The molecule has 0 spiro atoms. The highest BCUT2D eigenvalue weighted by Crippen LogP contribution is 2.29. The maximum Gasteiger partial charge on any atom is 0.236 e. The Morgan fingerprint density at radius 3 is 2.71 bits per heavy atom. The van der Waals surface area contributed by atoms with E-state index in [1.807, 2.05) is 22.9 Å². The van der Waals surface area contributed by atoms with Gasteiger partial charge in [-0.1, -0.05) is 47.1 Å². The van der Waals surface area contributed by atoms with Gasteiger partial charge >= 0.3 is 0 Å². The number of aromatic nitrogens is 4. The van der Waals surface area contributed by atoms with Crippen LogP contribution >= 0.6 is 46.3 Å². The zero-order valence-electron chi connectivity index (χ0n) is 19.3. The number of thioether (sulfide) groups is 1. The number of carbonyl (C=O) groups excluding carboxylic acids is 1. The molecule has 0 saturated heterocycles. The van der Waals surface area contributed by atoms with E-state index >= 15 is 0 Å². The van der Waals surface area contributed by atoms with Crippen LogP contribution in [0.5, 0.6) is 5.75 Å². The minimum atomic E-state index is -0.160. The molecule has 1 N–H and O–H groups in total. The molecule has 0 saturated carbocycles. The summed E-state index contributed by atoms with van der Waals surface area (Å²) in [5.41, 5.74) is 4.32. The largest absolute Gasteiger partial charge is 0.484 e. The van der Waals surface area contributed by atoms with Crippen LogP contribution in [0.2, 0.25) is 10.0 Å². The highest BCUT2D eigenvalue weighted by molar-refractivity contribution is 7.99. The van der Waals surface area contributed by atoms with Crippen LogP contribution in [0.3, 0.4) is 0 Å². The Bertz CT molecular complexity index is 1360. The normalized spacial score (nSPS) is 11.0. The van der Waals surface area contributed by atoms with Crippen molar-refractivity contribution in [2.24, 2.45) is 0 Å². The molecule has 0 aliphatic carbocycles. The maximum absolute atomic E-state index is 12.5. The molecule has 0 fully saturated rings. The zero-order chi connectivity index (χ0) is 24.9. The minimum absolute atomic E-state index is 0.160. The number of carbonyl (C=O) groups is 1. The average Bonchev–Trinajstić information content (AvgIpc) is 3.45. The van der Waals surface area contributed by atoms with Crippen LogP contribution in [-0.4, -0.2) is 31.4 Å². The summed E-state index contributed by atoms with van der Waals surface area (Å²) in [5, 5.41) is 15.4. The third kappa shape index (κ3) is 6.35. The van der Waals surface area contributed by atoms with Crippen LogP contribution < -0.4 is 10.1 Å². The first kappa shape index (κ1) is 25.5. The first-order valence-corrected chi connectivity index (χ1v) is 13.4. The second-order valence-electron chi connectivity index (χ2n) is 7.68. The van der Waals surface area contributed by atoms with E-state index in [0.29, 0.717) is 38.5 Å². The molecule has 4 rings (SSSR count). The van der Waals surface area contributed by atoms with Gasteiger partial charge in [0.2, 0.25) is 5.91 Å². The number of rotatable bonds is 9. The molecule has 182 valence electrons. The lowest BCUT2D eigenvalue weighted by Gasteiger charge is -2.10. The van der Waals surface area contributed by atoms with E-state index in [1.165, 1.54) is 34.2 Å². The Labute approximate surface area is 221 Å². The van der Waals surface area contributed by atoms with Gasteiger partial charge in [0.25, 0.3) is 0 Å². The van der Waals surface area contributed by atoms with Gasteiger partial charge in [0.05, 0.1) is 16.5 Å². The maximum atomic E-state index is 12.5. The molecule has 35 heavy (non-hydrogen) atoms. The molecule has 0 bridgehead atoms. The van der Waals surface area contributed by atoms with Gasteiger partial charge in [0.15, 0.2) is 16.1 Å². The van der Waals surface area contributed by atoms with Gasteiger partial charge < -0.3 is 14.6 Å². The summed E-state index contributed by atoms with van der Waals surface area (Å²) in [6, 6.07) is 11.3. The number of anilines is 1. The smallest absolute Gasteiger partial charge is 0.236 e. The zero-order valence-corrected chi connectivity index (χ0v) is 22.5. The number of benzene rings is 2. The van der Waals surface area contributed by atoms with E-state index in [4.69, 9.17) is 27.9 Å². The second-order valence-corrected chi connectivity index (χ2v) is 10.3. The molecule has 0 atom stereocenters. The average molecular weight is 549 g/mol. The Kier molecular flexibility index (Phi) is 8.33. The molecule has 0 aliphatic heterocycles. The van der Waals surface area contributed by atoms with Crippen LogP contribution in [0.25, 0.3) is 11.3 Å². The summed E-state index contributed by atoms with van der Waals surface area (Å²) in [7, 11) is 0. The van der Waals surface area contributed by atoms with Gasteiger partial charge in [0, 0.05) is 22.5 Å². The van der Waals surface area contributed by atoms with Crippen LogP contribution in [0.4, 0.5) is 5.13 Å². The molecule has 4 aromatic rings. The number of thiazole rings is 1. The lowest BCUT2D eigenvalue weighted by molar-refractivity contribution is -0.113. The molecule has 0 unspecified atom stereocenters. The molecule has 0 radical (unpaired) electrons. The van der Waals surface area contributed by atoms with Crippen molar-refractivity contribution in [2.75, 3.05) is 11.1 Å². The van der Waals surface area contributed by atoms with Gasteiger partial charge in [-0.25, -0.2) is 4.98 Å². The van der Waals surface area contributed by atoms with Crippen molar-refractivity contribution in [1.29, 1.82) is 0 Å². The van der Waals surface area contributed by atoms with E-state index in [-0.39, 0.29) is 18.3 Å². The molecule has 11 heteroatoms. The summed E-state index contributed by atoms with van der Waals surface area (Å²) in [6.07, 6.45) is 0. The van der Waals surface area contributed by atoms with E-state index in [9.17, 15) is 4.79 Å². The Morgan fingerprint density at radius 1 is 1.14 bits per heavy atom. The fourth-order valence-electron chi connectivity index (χ4n) is 3.23.